The molecule has 2 aliphatic heterocycles. The minimum absolute atomic E-state index is 0.0450. The molecule has 1 aromatic heterocycles. The molecular formula is C17H18N4O. The van der Waals surface area contributed by atoms with E-state index < -0.39 is 5.54 Å². The number of anilines is 2. The zero-order valence-corrected chi connectivity index (χ0v) is 12.2. The molecule has 0 saturated carbocycles. The first kappa shape index (κ1) is 13.3. The average Bonchev–Trinajstić information content (AvgIpc) is 2.93. The van der Waals surface area contributed by atoms with Gasteiger partial charge >= 0.3 is 0 Å². The van der Waals surface area contributed by atoms with Gasteiger partial charge in [0.2, 0.25) is 0 Å². The lowest BCUT2D eigenvalue weighted by Gasteiger charge is -2.34. The molecule has 4 rings (SSSR count). The molecule has 112 valence electrons. The topological polar surface area (TPSA) is 57.3 Å². The maximum atomic E-state index is 12.6. The Balaban J connectivity index is 1.53. The van der Waals surface area contributed by atoms with Crippen LogP contribution in [0.25, 0.3) is 0 Å². The van der Waals surface area contributed by atoms with Gasteiger partial charge in [-0.3, -0.25) is 9.69 Å². The molecule has 1 aromatic carbocycles. The van der Waals surface area contributed by atoms with Gasteiger partial charge in [-0.1, -0.05) is 30.3 Å². The van der Waals surface area contributed by atoms with E-state index in [1.165, 1.54) is 5.56 Å². The first-order chi connectivity index (χ1) is 10.8. The molecule has 0 aliphatic carbocycles. The van der Waals surface area contributed by atoms with Gasteiger partial charge in [-0.05, 0) is 24.1 Å². The largest absolute Gasteiger partial charge is 0.353 e. The van der Waals surface area contributed by atoms with Gasteiger partial charge in [-0.25, -0.2) is 4.98 Å². The fraction of sp³-hybridized carbons (Fsp3) is 0.294. The monoisotopic (exact) mass is 294 g/mol. The number of nitrogens with zero attached hydrogens (tertiary/aromatic N) is 2. The number of carbonyl (C=O) groups is 1. The second-order valence-electron chi connectivity index (χ2n) is 6.01. The molecule has 1 unspecified atom stereocenters. The smallest absolute Gasteiger partial charge is 0.251 e. The summed E-state index contributed by atoms with van der Waals surface area (Å²) in [5.74, 6) is 0.812. The van der Waals surface area contributed by atoms with Crippen LogP contribution in [0.15, 0.2) is 48.7 Å². The summed E-state index contributed by atoms with van der Waals surface area (Å²) in [5.41, 5.74) is 1.48. The number of hydrogen-bond donors (Lipinski definition) is 2. The van der Waals surface area contributed by atoms with Gasteiger partial charge in [0.15, 0.2) is 5.82 Å². The Bertz CT molecular complexity index is 703. The predicted octanol–water partition coefficient (Wildman–Crippen LogP) is 2.09. The molecule has 2 aliphatic rings. The van der Waals surface area contributed by atoms with E-state index in [1.807, 2.05) is 30.3 Å². The lowest BCUT2D eigenvalue weighted by Crippen LogP contribution is -2.54. The highest BCUT2D eigenvalue weighted by Crippen LogP contribution is 2.34. The van der Waals surface area contributed by atoms with Crippen molar-refractivity contribution in [3.8, 4) is 0 Å². The zero-order valence-electron chi connectivity index (χ0n) is 12.2. The van der Waals surface area contributed by atoms with Crippen LogP contribution in [0.3, 0.4) is 0 Å². The van der Waals surface area contributed by atoms with Crippen molar-refractivity contribution in [3.63, 3.8) is 0 Å². The molecule has 2 N–H and O–H groups in total. The summed E-state index contributed by atoms with van der Waals surface area (Å²) in [6.07, 6.45) is 2.54. The predicted molar refractivity (Wildman–Crippen MR) is 85.6 cm³/mol. The van der Waals surface area contributed by atoms with Crippen LogP contribution in [-0.4, -0.2) is 34.4 Å². The highest BCUT2D eigenvalue weighted by atomic mass is 16.2. The third-order valence-electron chi connectivity index (χ3n) is 4.45. The number of nitrogens with one attached hydrogen (secondary N) is 2. The molecule has 0 bridgehead atoms. The van der Waals surface area contributed by atoms with E-state index in [-0.39, 0.29) is 5.91 Å². The van der Waals surface area contributed by atoms with Crippen molar-refractivity contribution in [2.45, 2.75) is 18.5 Å². The maximum absolute atomic E-state index is 12.6. The van der Waals surface area contributed by atoms with E-state index in [2.05, 4.69) is 32.7 Å². The van der Waals surface area contributed by atoms with Gasteiger partial charge < -0.3 is 10.6 Å². The number of hydrogen-bond acceptors (Lipinski definition) is 4. The average molecular weight is 294 g/mol. The summed E-state index contributed by atoms with van der Waals surface area (Å²) < 4.78 is 0. The van der Waals surface area contributed by atoms with Gasteiger partial charge in [0, 0.05) is 25.8 Å². The van der Waals surface area contributed by atoms with Crippen molar-refractivity contribution in [2.24, 2.45) is 0 Å². The minimum atomic E-state index is -0.559. The van der Waals surface area contributed by atoms with E-state index in [1.54, 1.807) is 6.20 Å². The van der Waals surface area contributed by atoms with Crippen molar-refractivity contribution in [1.82, 2.24) is 9.88 Å². The Morgan fingerprint density at radius 2 is 2.05 bits per heavy atom. The highest BCUT2D eigenvalue weighted by molar-refractivity contribution is 6.05. The Morgan fingerprint density at radius 3 is 2.91 bits per heavy atom. The molecule has 1 amide bonds. The Kier molecular flexibility index (Phi) is 3.08. The van der Waals surface area contributed by atoms with Crippen LogP contribution in [-0.2, 0) is 11.3 Å². The Morgan fingerprint density at radius 1 is 1.18 bits per heavy atom. The highest BCUT2D eigenvalue weighted by Gasteiger charge is 2.47. The third kappa shape index (κ3) is 2.23. The molecular weight excluding hydrogens is 276 g/mol. The number of fused-ring (bicyclic) bond motifs is 1. The summed E-state index contributed by atoms with van der Waals surface area (Å²) in [7, 11) is 0. The van der Waals surface area contributed by atoms with E-state index in [0.717, 1.165) is 31.0 Å². The van der Waals surface area contributed by atoms with Gasteiger partial charge in [-0.2, -0.15) is 0 Å². The van der Waals surface area contributed by atoms with Crippen molar-refractivity contribution >= 4 is 17.4 Å². The number of benzene rings is 1. The van der Waals surface area contributed by atoms with Crippen LogP contribution in [0.4, 0.5) is 11.5 Å². The van der Waals surface area contributed by atoms with Gasteiger partial charge in [-0.15, -0.1) is 0 Å². The first-order valence-electron chi connectivity index (χ1n) is 7.56. The summed E-state index contributed by atoms with van der Waals surface area (Å²) in [5, 5.41) is 6.36. The summed E-state index contributed by atoms with van der Waals surface area (Å²) >= 11 is 0. The number of likely N-dealkylation sites (tertiary alicyclic amines) is 1. The second kappa shape index (κ2) is 5.10. The molecule has 1 saturated heterocycles. The molecule has 1 atom stereocenters. The SMILES string of the molecule is O=C1Nc2cccnc2NC12CCN(Cc1ccccc1)C2. The molecule has 1 fully saturated rings. The molecule has 0 radical (unpaired) electrons. The number of pyridine rings is 1. The molecule has 22 heavy (non-hydrogen) atoms. The summed E-state index contributed by atoms with van der Waals surface area (Å²) in [4.78, 5) is 19.2. The molecule has 3 heterocycles. The summed E-state index contributed by atoms with van der Waals surface area (Å²) in [6.45, 7) is 2.47. The third-order valence-corrected chi connectivity index (χ3v) is 4.45. The number of aromatic nitrogens is 1. The van der Waals surface area contributed by atoms with Crippen LogP contribution in [0.5, 0.6) is 0 Å². The lowest BCUT2D eigenvalue weighted by atomic mass is 9.95. The van der Waals surface area contributed by atoms with E-state index in [9.17, 15) is 4.79 Å². The molecule has 2 aromatic rings. The van der Waals surface area contributed by atoms with Crippen LogP contribution < -0.4 is 10.6 Å². The van der Waals surface area contributed by atoms with Gasteiger partial charge in [0.25, 0.3) is 5.91 Å². The Labute approximate surface area is 129 Å². The van der Waals surface area contributed by atoms with Crippen LogP contribution in [0, 0.1) is 0 Å². The van der Waals surface area contributed by atoms with E-state index >= 15 is 0 Å². The standard InChI is InChI=1S/C17H18N4O/c22-16-17(20-15-14(19-16)7-4-9-18-15)8-10-21(12-17)11-13-5-2-1-3-6-13/h1-7,9H,8,10-12H2,(H,18,20)(H,19,22). The van der Waals surface area contributed by atoms with E-state index in [0.29, 0.717) is 6.54 Å². The Hall–Kier alpha value is -2.40. The quantitative estimate of drug-likeness (QED) is 0.890. The van der Waals surface area contributed by atoms with Crippen molar-refractivity contribution in [2.75, 3.05) is 23.7 Å². The van der Waals surface area contributed by atoms with Crippen LogP contribution in [0.2, 0.25) is 0 Å². The maximum Gasteiger partial charge on any atom is 0.251 e. The number of amides is 1. The van der Waals surface area contributed by atoms with Crippen LogP contribution in [0.1, 0.15) is 12.0 Å². The normalized spacial score (nSPS) is 23.9. The zero-order chi connectivity index (χ0) is 15.0. The molecule has 5 heteroatoms. The number of carbonyl (C=O) groups excluding carboxylic acids is 1. The lowest BCUT2D eigenvalue weighted by molar-refractivity contribution is -0.120. The van der Waals surface area contributed by atoms with Gasteiger partial charge in [0.1, 0.15) is 5.54 Å². The van der Waals surface area contributed by atoms with Crippen molar-refractivity contribution < 1.29 is 4.79 Å². The van der Waals surface area contributed by atoms with E-state index in [4.69, 9.17) is 0 Å². The fourth-order valence-corrected chi connectivity index (χ4v) is 3.28. The van der Waals surface area contributed by atoms with Crippen LogP contribution >= 0.6 is 0 Å². The second-order valence-corrected chi connectivity index (χ2v) is 6.01. The number of rotatable bonds is 2. The minimum Gasteiger partial charge on any atom is -0.353 e. The summed E-state index contributed by atoms with van der Waals surface area (Å²) in [6, 6.07) is 14.1. The molecule has 5 nitrogen and oxygen atoms in total. The van der Waals surface area contributed by atoms with Crippen molar-refractivity contribution in [1.29, 1.82) is 0 Å². The van der Waals surface area contributed by atoms with Gasteiger partial charge in [0.05, 0.1) is 5.69 Å². The fourth-order valence-electron chi connectivity index (χ4n) is 3.28. The van der Waals surface area contributed by atoms with Crippen molar-refractivity contribution in [3.05, 3.63) is 54.2 Å². The molecule has 1 spiro atoms. The first-order valence-corrected chi connectivity index (χ1v) is 7.56.